The lowest BCUT2D eigenvalue weighted by Gasteiger charge is -2.13. The molecule has 0 radical (unpaired) electrons. The number of hydrogen-bond acceptors (Lipinski definition) is 4. The van der Waals surface area contributed by atoms with E-state index in [4.69, 9.17) is 0 Å². The zero-order chi connectivity index (χ0) is 19.9. The van der Waals surface area contributed by atoms with Crippen LogP contribution < -0.4 is 15.5 Å². The Morgan fingerprint density at radius 2 is 1.71 bits per heavy atom. The predicted molar refractivity (Wildman–Crippen MR) is 111 cm³/mol. The van der Waals surface area contributed by atoms with Gasteiger partial charge in [0.25, 0.3) is 5.91 Å². The number of anilines is 3. The third-order valence-electron chi connectivity index (χ3n) is 4.31. The van der Waals surface area contributed by atoms with E-state index in [2.05, 4.69) is 15.6 Å². The summed E-state index contributed by atoms with van der Waals surface area (Å²) in [5.74, 6) is -0.540. The van der Waals surface area contributed by atoms with Gasteiger partial charge in [-0.3, -0.25) is 4.79 Å². The largest absolute Gasteiger partial charge is 0.378 e. The molecule has 3 rings (SSSR count). The van der Waals surface area contributed by atoms with Crippen molar-refractivity contribution >= 4 is 23.0 Å². The summed E-state index contributed by atoms with van der Waals surface area (Å²) in [4.78, 5) is 18.4. The van der Waals surface area contributed by atoms with E-state index < -0.39 is 0 Å². The maximum absolute atomic E-state index is 13.6. The van der Waals surface area contributed by atoms with Crippen molar-refractivity contribution in [1.82, 2.24) is 10.3 Å². The maximum atomic E-state index is 13.6. The van der Waals surface area contributed by atoms with Gasteiger partial charge in [-0.2, -0.15) is 0 Å². The van der Waals surface area contributed by atoms with Gasteiger partial charge in [0, 0.05) is 32.0 Å². The Hall–Kier alpha value is -3.41. The second-order valence-electron chi connectivity index (χ2n) is 6.60. The highest BCUT2D eigenvalue weighted by Crippen LogP contribution is 2.19. The topological polar surface area (TPSA) is 57.3 Å². The van der Waals surface area contributed by atoms with E-state index in [1.165, 1.54) is 6.07 Å². The van der Waals surface area contributed by atoms with Crippen LogP contribution in [0, 0.1) is 5.82 Å². The van der Waals surface area contributed by atoms with Crippen molar-refractivity contribution in [3.63, 3.8) is 0 Å². The standard InChI is InChI=1S/C22H23FN4O/c1-27(2)19-10-7-17(8-11-19)26-18-9-12-21(25-15-18)22(28)24-14-13-16-5-3-4-6-20(16)23/h3-12,15,26H,13-14H2,1-2H3,(H,24,28). The van der Waals surface area contributed by atoms with E-state index in [9.17, 15) is 9.18 Å². The number of halogens is 1. The number of hydrogen-bond donors (Lipinski definition) is 2. The van der Waals surface area contributed by atoms with Gasteiger partial charge in [-0.15, -0.1) is 0 Å². The number of carbonyl (C=O) groups is 1. The van der Waals surface area contributed by atoms with E-state index in [1.54, 1.807) is 36.5 Å². The van der Waals surface area contributed by atoms with Crippen molar-refractivity contribution < 1.29 is 9.18 Å². The Morgan fingerprint density at radius 3 is 2.36 bits per heavy atom. The molecule has 1 heterocycles. The Labute approximate surface area is 164 Å². The molecule has 0 spiro atoms. The minimum atomic E-state index is -0.279. The fourth-order valence-corrected chi connectivity index (χ4v) is 2.71. The first-order chi connectivity index (χ1) is 13.5. The van der Waals surface area contributed by atoms with Gasteiger partial charge in [0.2, 0.25) is 0 Å². The van der Waals surface area contributed by atoms with E-state index in [-0.39, 0.29) is 11.7 Å². The van der Waals surface area contributed by atoms with Crippen LogP contribution in [-0.2, 0) is 6.42 Å². The van der Waals surface area contributed by atoms with E-state index in [0.29, 0.717) is 24.2 Å². The van der Waals surface area contributed by atoms with E-state index in [1.807, 2.05) is 43.3 Å². The zero-order valence-corrected chi connectivity index (χ0v) is 15.9. The van der Waals surface area contributed by atoms with Crippen LogP contribution in [-0.4, -0.2) is 31.5 Å². The molecule has 2 aromatic carbocycles. The average Bonchev–Trinajstić information content (AvgIpc) is 2.70. The molecule has 1 amide bonds. The molecule has 1 aromatic heterocycles. The van der Waals surface area contributed by atoms with Crippen molar-refractivity contribution in [3.8, 4) is 0 Å². The lowest BCUT2D eigenvalue weighted by Crippen LogP contribution is -2.26. The monoisotopic (exact) mass is 378 g/mol. The highest BCUT2D eigenvalue weighted by Gasteiger charge is 2.08. The fraction of sp³-hybridized carbons (Fsp3) is 0.182. The van der Waals surface area contributed by atoms with Gasteiger partial charge < -0.3 is 15.5 Å². The minimum absolute atomic E-state index is 0.260. The predicted octanol–water partition coefficient (Wildman–Crippen LogP) is 4.00. The van der Waals surface area contributed by atoms with Crippen LogP contribution in [0.15, 0.2) is 66.9 Å². The summed E-state index contributed by atoms with van der Waals surface area (Å²) < 4.78 is 13.6. The number of aromatic nitrogens is 1. The van der Waals surface area contributed by atoms with Gasteiger partial charge >= 0.3 is 0 Å². The van der Waals surface area contributed by atoms with Gasteiger partial charge in [0.15, 0.2) is 0 Å². The smallest absolute Gasteiger partial charge is 0.269 e. The van der Waals surface area contributed by atoms with Gasteiger partial charge in [-0.05, 0) is 54.4 Å². The summed E-state index contributed by atoms with van der Waals surface area (Å²) in [6.45, 7) is 0.347. The Balaban J connectivity index is 1.53. The summed E-state index contributed by atoms with van der Waals surface area (Å²) in [7, 11) is 3.99. The van der Waals surface area contributed by atoms with Crippen LogP contribution >= 0.6 is 0 Å². The van der Waals surface area contributed by atoms with Gasteiger partial charge in [-0.25, -0.2) is 9.37 Å². The number of carbonyl (C=O) groups excluding carboxylic acids is 1. The molecule has 144 valence electrons. The Kier molecular flexibility index (Phi) is 6.22. The molecule has 0 aliphatic rings. The average molecular weight is 378 g/mol. The molecule has 0 aliphatic heterocycles. The van der Waals surface area contributed by atoms with Crippen molar-refractivity contribution in [2.75, 3.05) is 30.9 Å². The van der Waals surface area contributed by atoms with Crippen molar-refractivity contribution in [2.45, 2.75) is 6.42 Å². The van der Waals surface area contributed by atoms with Crippen LogP contribution in [0.3, 0.4) is 0 Å². The number of rotatable bonds is 7. The minimum Gasteiger partial charge on any atom is -0.378 e. The van der Waals surface area contributed by atoms with Gasteiger partial charge in [0.1, 0.15) is 11.5 Å². The normalized spacial score (nSPS) is 10.4. The molecule has 6 heteroatoms. The number of benzene rings is 2. The molecule has 0 bridgehead atoms. The molecular formula is C22H23FN4O. The van der Waals surface area contributed by atoms with Crippen LogP contribution in [0.2, 0.25) is 0 Å². The van der Waals surface area contributed by atoms with Crippen LogP contribution in [0.5, 0.6) is 0 Å². The summed E-state index contributed by atoms with van der Waals surface area (Å²) in [6.07, 6.45) is 2.05. The lowest BCUT2D eigenvalue weighted by molar-refractivity contribution is 0.0949. The molecule has 0 atom stereocenters. The molecule has 0 saturated carbocycles. The molecule has 5 nitrogen and oxygen atoms in total. The number of amides is 1. The van der Waals surface area contributed by atoms with Crippen LogP contribution in [0.1, 0.15) is 16.1 Å². The first kappa shape index (κ1) is 19.4. The van der Waals surface area contributed by atoms with Crippen LogP contribution in [0.25, 0.3) is 0 Å². The molecule has 3 aromatic rings. The quantitative estimate of drug-likeness (QED) is 0.652. The molecule has 0 unspecified atom stereocenters. The van der Waals surface area contributed by atoms with Crippen molar-refractivity contribution in [1.29, 1.82) is 0 Å². The first-order valence-electron chi connectivity index (χ1n) is 9.05. The van der Waals surface area contributed by atoms with E-state index in [0.717, 1.165) is 17.1 Å². The Morgan fingerprint density at radius 1 is 1.00 bits per heavy atom. The Bertz CT molecular complexity index is 924. The zero-order valence-electron chi connectivity index (χ0n) is 15.9. The summed E-state index contributed by atoms with van der Waals surface area (Å²) in [6, 6.07) is 18.0. The fourth-order valence-electron chi connectivity index (χ4n) is 2.71. The third-order valence-corrected chi connectivity index (χ3v) is 4.31. The molecule has 0 fully saturated rings. The van der Waals surface area contributed by atoms with Crippen molar-refractivity contribution in [2.24, 2.45) is 0 Å². The summed E-state index contributed by atoms with van der Waals surface area (Å²) in [5, 5.41) is 6.02. The molecule has 0 aliphatic carbocycles. The second kappa shape index (κ2) is 8.99. The SMILES string of the molecule is CN(C)c1ccc(Nc2ccc(C(=O)NCCc3ccccc3F)nc2)cc1. The number of pyridine rings is 1. The maximum Gasteiger partial charge on any atom is 0.269 e. The summed E-state index contributed by atoms with van der Waals surface area (Å²) in [5.41, 5.74) is 3.75. The van der Waals surface area contributed by atoms with Gasteiger partial charge in [0.05, 0.1) is 11.9 Å². The van der Waals surface area contributed by atoms with Gasteiger partial charge in [-0.1, -0.05) is 18.2 Å². The highest BCUT2D eigenvalue weighted by atomic mass is 19.1. The number of nitrogens with zero attached hydrogens (tertiary/aromatic N) is 2. The molecule has 2 N–H and O–H groups in total. The van der Waals surface area contributed by atoms with Crippen LogP contribution in [0.4, 0.5) is 21.5 Å². The molecule has 0 saturated heterocycles. The third kappa shape index (κ3) is 5.07. The second-order valence-corrected chi connectivity index (χ2v) is 6.60. The number of nitrogens with one attached hydrogen (secondary N) is 2. The molecular weight excluding hydrogens is 355 g/mol. The highest BCUT2D eigenvalue weighted by molar-refractivity contribution is 5.92. The lowest BCUT2D eigenvalue weighted by atomic mass is 10.1. The molecule has 28 heavy (non-hydrogen) atoms. The van der Waals surface area contributed by atoms with E-state index >= 15 is 0 Å². The van der Waals surface area contributed by atoms with Crippen molar-refractivity contribution in [3.05, 3.63) is 83.9 Å². The summed E-state index contributed by atoms with van der Waals surface area (Å²) >= 11 is 0. The first-order valence-corrected chi connectivity index (χ1v) is 9.05.